The fourth-order valence-electron chi connectivity index (χ4n) is 3.17. The summed E-state index contributed by atoms with van der Waals surface area (Å²) in [5.74, 6) is -0.265. The third-order valence-corrected chi connectivity index (χ3v) is 9.60. The molecule has 1 heterocycles. The van der Waals surface area contributed by atoms with Gasteiger partial charge in [-0.25, -0.2) is 16.8 Å². The molecule has 0 N–H and O–H groups in total. The zero-order valence-corrected chi connectivity index (χ0v) is 19.0. The third-order valence-electron chi connectivity index (χ3n) is 5.03. The Morgan fingerprint density at radius 3 is 2.00 bits per heavy atom. The number of sulfone groups is 1. The summed E-state index contributed by atoms with van der Waals surface area (Å²) in [5, 5.41) is -0.389. The lowest BCUT2D eigenvalue weighted by molar-refractivity contribution is 0.0698. The molecule has 1 saturated heterocycles. The van der Waals surface area contributed by atoms with Gasteiger partial charge in [0.1, 0.15) is 4.90 Å². The van der Waals surface area contributed by atoms with Crippen LogP contribution in [0.5, 0.6) is 0 Å². The SMILES string of the molecule is CC(C)S(=O)(=O)c1ccc(C(=O)N2CCN(S(=O)(=O)c3ccccc3Cl)CC2)cc1. The molecule has 3 rings (SSSR count). The lowest BCUT2D eigenvalue weighted by Crippen LogP contribution is -2.50. The van der Waals surface area contributed by atoms with Gasteiger partial charge in [-0.3, -0.25) is 4.79 Å². The van der Waals surface area contributed by atoms with Gasteiger partial charge in [0.2, 0.25) is 10.0 Å². The smallest absolute Gasteiger partial charge is 0.253 e. The van der Waals surface area contributed by atoms with E-state index in [1.165, 1.54) is 40.7 Å². The van der Waals surface area contributed by atoms with Crippen molar-refractivity contribution >= 4 is 37.4 Å². The Bertz CT molecular complexity index is 1140. The molecule has 7 nitrogen and oxygen atoms in total. The second-order valence-electron chi connectivity index (χ2n) is 7.24. The van der Waals surface area contributed by atoms with Crippen LogP contribution >= 0.6 is 11.6 Å². The van der Waals surface area contributed by atoms with Crippen molar-refractivity contribution in [1.29, 1.82) is 0 Å². The lowest BCUT2D eigenvalue weighted by atomic mass is 10.2. The molecule has 0 spiro atoms. The lowest BCUT2D eigenvalue weighted by Gasteiger charge is -2.34. The Balaban J connectivity index is 1.69. The maximum absolute atomic E-state index is 12.8. The highest BCUT2D eigenvalue weighted by Crippen LogP contribution is 2.25. The first kappa shape index (κ1) is 22.7. The van der Waals surface area contributed by atoms with Gasteiger partial charge in [0.15, 0.2) is 9.84 Å². The van der Waals surface area contributed by atoms with E-state index in [9.17, 15) is 21.6 Å². The topological polar surface area (TPSA) is 91.8 Å². The minimum atomic E-state index is -3.74. The first-order valence-corrected chi connectivity index (χ1v) is 12.8. The van der Waals surface area contributed by atoms with Crippen molar-refractivity contribution in [3.8, 4) is 0 Å². The summed E-state index contributed by atoms with van der Waals surface area (Å²) < 4.78 is 51.4. The van der Waals surface area contributed by atoms with Gasteiger partial charge < -0.3 is 4.90 Å². The molecule has 30 heavy (non-hydrogen) atoms. The van der Waals surface area contributed by atoms with Crippen LogP contribution in [-0.4, -0.2) is 63.4 Å². The van der Waals surface area contributed by atoms with Gasteiger partial charge in [-0.05, 0) is 50.2 Å². The summed E-state index contributed by atoms with van der Waals surface area (Å²) in [7, 11) is -7.15. The number of benzene rings is 2. The number of amides is 1. The number of rotatable bonds is 5. The molecule has 1 fully saturated rings. The summed E-state index contributed by atoms with van der Waals surface area (Å²) in [6, 6.07) is 12.1. The van der Waals surface area contributed by atoms with Crippen molar-refractivity contribution in [2.45, 2.75) is 28.9 Å². The number of carbonyl (C=O) groups excluding carboxylic acids is 1. The van der Waals surface area contributed by atoms with Crippen molar-refractivity contribution in [2.75, 3.05) is 26.2 Å². The summed E-state index contributed by atoms with van der Waals surface area (Å²) in [6.07, 6.45) is 0. The molecule has 0 radical (unpaired) electrons. The molecule has 2 aromatic rings. The van der Waals surface area contributed by atoms with Crippen molar-refractivity contribution in [2.24, 2.45) is 0 Å². The average Bonchev–Trinajstić information content (AvgIpc) is 2.73. The Labute approximate surface area is 182 Å². The predicted octanol–water partition coefficient (Wildman–Crippen LogP) is 2.67. The Kier molecular flexibility index (Phi) is 6.57. The Morgan fingerprint density at radius 2 is 1.47 bits per heavy atom. The van der Waals surface area contributed by atoms with E-state index in [-0.39, 0.29) is 46.9 Å². The van der Waals surface area contributed by atoms with Gasteiger partial charge in [0, 0.05) is 31.7 Å². The van der Waals surface area contributed by atoms with Crippen molar-refractivity contribution in [3.63, 3.8) is 0 Å². The highest BCUT2D eigenvalue weighted by molar-refractivity contribution is 7.92. The van der Waals surface area contributed by atoms with Crippen LogP contribution in [0.1, 0.15) is 24.2 Å². The first-order valence-electron chi connectivity index (χ1n) is 9.43. The van der Waals surface area contributed by atoms with E-state index < -0.39 is 25.1 Å². The molecular formula is C20H23ClN2O5S2. The normalized spacial score (nSPS) is 16.1. The summed E-state index contributed by atoms with van der Waals surface area (Å²) in [6.45, 7) is 3.97. The largest absolute Gasteiger partial charge is 0.336 e. The number of piperazine rings is 1. The third kappa shape index (κ3) is 4.39. The molecule has 1 aliphatic heterocycles. The van der Waals surface area contributed by atoms with Gasteiger partial charge in [-0.2, -0.15) is 4.31 Å². The number of sulfonamides is 1. The van der Waals surface area contributed by atoms with E-state index in [1.807, 2.05) is 0 Å². The number of halogens is 1. The highest BCUT2D eigenvalue weighted by Gasteiger charge is 2.31. The number of nitrogens with zero attached hydrogens (tertiary/aromatic N) is 2. The maximum atomic E-state index is 12.8. The van der Waals surface area contributed by atoms with Crippen LogP contribution < -0.4 is 0 Å². The highest BCUT2D eigenvalue weighted by atomic mass is 35.5. The van der Waals surface area contributed by atoms with E-state index >= 15 is 0 Å². The predicted molar refractivity (Wildman–Crippen MR) is 115 cm³/mol. The zero-order chi connectivity index (χ0) is 22.1. The Morgan fingerprint density at radius 1 is 0.900 bits per heavy atom. The van der Waals surface area contributed by atoms with E-state index in [2.05, 4.69) is 0 Å². The van der Waals surface area contributed by atoms with E-state index in [0.29, 0.717) is 5.56 Å². The van der Waals surface area contributed by atoms with Crippen LogP contribution in [0.15, 0.2) is 58.3 Å². The molecule has 0 bridgehead atoms. The standard InChI is InChI=1S/C20H23ClN2O5S2/c1-15(2)29(25,26)17-9-7-16(8-10-17)20(24)22-11-13-23(14-12-22)30(27,28)19-6-4-3-5-18(19)21/h3-10,15H,11-14H2,1-2H3. The molecular weight excluding hydrogens is 448 g/mol. The summed E-state index contributed by atoms with van der Waals surface area (Å²) in [5.41, 5.74) is 0.361. The van der Waals surface area contributed by atoms with Crippen LogP contribution in [0.4, 0.5) is 0 Å². The van der Waals surface area contributed by atoms with Gasteiger partial charge in [0.25, 0.3) is 5.91 Å². The molecule has 0 unspecified atom stereocenters. The molecule has 162 valence electrons. The zero-order valence-electron chi connectivity index (χ0n) is 16.7. The average molecular weight is 471 g/mol. The van der Waals surface area contributed by atoms with Crippen LogP contribution in [0.2, 0.25) is 5.02 Å². The molecule has 10 heteroatoms. The monoisotopic (exact) mass is 470 g/mol. The molecule has 0 saturated carbocycles. The van der Waals surface area contributed by atoms with Gasteiger partial charge in [-0.15, -0.1) is 0 Å². The van der Waals surface area contributed by atoms with Crippen molar-refractivity contribution in [3.05, 3.63) is 59.1 Å². The molecule has 1 amide bonds. The number of hydrogen-bond donors (Lipinski definition) is 0. The van der Waals surface area contributed by atoms with Gasteiger partial charge in [-0.1, -0.05) is 23.7 Å². The number of hydrogen-bond acceptors (Lipinski definition) is 5. The van der Waals surface area contributed by atoms with E-state index in [1.54, 1.807) is 30.9 Å². The Hall–Kier alpha value is -1.94. The van der Waals surface area contributed by atoms with Crippen LogP contribution in [-0.2, 0) is 19.9 Å². The van der Waals surface area contributed by atoms with Crippen LogP contribution in [0.25, 0.3) is 0 Å². The molecule has 0 atom stereocenters. The second-order valence-corrected chi connectivity index (χ2v) is 12.1. The molecule has 2 aromatic carbocycles. The van der Waals surface area contributed by atoms with E-state index in [0.717, 1.165) is 0 Å². The first-order chi connectivity index (χ1) is 14.0. The van der Waals surface area contributed by atoms with Crippen LogP contribution in [0.3, 0.4) is 0 Å². The van der Waals surface area contributed by atoms with Crippen molar-refractivity contribution < 1.29 is 21.6 Å². The quantitative estimate of drug-likeness (QED) is 0.669. The number of carbonyl (C=O) groups is 1. The minimum Gasteiger partial charge on any atom is -0.336 e. The van der Waals surface area contributed by atoms with Gasteiger partial charge in [0.05, 0.1) is 15.2 Å². The maximum Gasteiger partial charge on any atom is 0.253 e. The van der Waals surface area contributed by atoms with E-state index in [4.69, 9.17) is 11.6 Å². The molecule has 1 aliphatic rings. The second kappa shape index (κ2) is 8.66. The fraction of sp³-hybridized carbons (Fsp3) is 0.350. The fourth-order valence-corrected chi connectivity index (χ4v) is 6.14. The van der Waals surface area contributed by atoms with Gasteiger partial charge >= 0.3 is 0 Å². The summed E-state index contributed by atoms with van der Waals surface area (Å²) in [4.78, 5) is 14.5. The van der Waals surface area contributed by atoms with Crippen LogP contribution in [0, 0.1) is 0 Å². The van der Waals surface area contributed by atoms with Crippen molar-refractivity contribution in [1.82, 2.24) is 9.21 Å². The molecule has 0 aromatic heterocycles. The summed E-state index contributed by atoms with van der Waals surface area (Å²) >= 11 is 6.04. The minimum absolute atomic E-state index is 0.0494. The molecule has 0 aliphatic carbocycles.